The number of nitrogens with zero attached hydrogens (tertiary/aromatic N) is 2. The maximum absolute atomic E-state index is 13.0. The molecular formula is C22H22N2O2. The highest BCUT2D eigenvalue weighted by molar-refractivity contribution is 5.94. The number of hydrogen-bond donors (Lipinski definition) is 0. The standard InChI is InChI=1S/C22H22N2O2/c1-23-14-13-20(16-21(23)25)22(26)24(17-19-10-6-3-7-11-19)15-12-18-8-4-2-5-9-18/h2-11,13-14,16H,12,15,17H2,1H3. The molecular weight excluding hydrogens is 324 g/mol. The van der Waals surface area contributed by atoms with Crippen molar-refractivity contribution in [3.8, 4) is 0 Å². The van der Waals surface area contributed by atoms with Crippen LogP contribution in [0.5, 0.6) is 0 Å². The van der Waals surface area contributed by atoms with E-state index in [0.717, 1.165) is 12.0 Å². The molecule has 0 saturated carbocycles. The molecule has 1 amide bonds. The van der Waals surface area contributed by atoms with Crippen molar-refractivity contribution in [2.45, 2.75) is 13.0 Å². The zero-order valence-corrected chi connectivity index (χ0v) is 14.8. The molecule has 0 N–H and O–H groups in total. The Balaban J connectivity index is 1.82. The Morgan fingerprint density at radius 3 is 2.15 bits per heavy atom. The van der Waals surface area contributed by atoms with Crippen molar-refractivity contribution in [2.75, 3.05) is 6.54 Å². The van der Waals surface area contributed by atoms with Crippen LogP contribution in [0.2, 0.25) is 0 Å². The highest BCUT2D eigenvalue weighted by Crippen LogP contribution is 2.11. The first-order valence-electron chi connectivity index (χ1n) is 8.67. The first-order chi connectivity index (χ1) is 12.6. The van der Waals surface area contributed by atoms with Crippen LogP contribution in [0.15, 0.2) is 83.8 Å². The zero-order chi connectivity index (χ0) is 18.4. The second kappa shape index (κ2) is 8.30. The van der Waals surface area contributed by atoms with Crippen LogP contribution in [0.3, 0.4) is 0 Å². The molecule has 0 saturated heterocycles. The van der Waals surface area contributed by atoms with Gasteiger partial charge in [0.15, 0.2) is 0 Å². The van der Waals surface area contributed by atoms with Gasteiger partial charge in [0, 0.05) is 38.0 Å². The number of rotatable bonds is 6. The van der Waals surface area contributed by atoms with Gasteiger partial charge in [0.25, 0.3) is 11.5 Å². The van der Waals surface area contributed by atoms with Gasteiger partial charge in [-0.05, 0) is 23.6 Å². The Morgan fingerprint density at radius 2 is 1.54 bits per heavy atom. The summed E-state index contributed by atoms with van der Waals surface area (Å²) in [5.41, 5.74) is 2.50. The number of carbonyl (C=O) groups is 1. The lowest BCUT2D eigenvalue weighted by Crippen LogP contribution is -2.33. The largest absolute Gasteiger partial charge is 0.334 e. The average Bonchev–Trinajstić information content (AvgIpc) is 2.68. The van der Waals surface area contributed by atoms with E-state index in [0.29, 0.717) is 18.7 Å². The van der Waals surface area contributed by atoms with Crippen molar-refractivity contribution in [1.82, 2.24) is 9.47 Å². The summed E-state index contributed by atoms with van der Waals surface area (Å²) in [7, 11) is 1.67. The molecule has 2 aromatic carbocycles. The molecule has 0 aliphatic heterocycles. The SMILES string of the molecule is Cn1ccc(C(=O)N(CCc2ccccc2)Cc2ccccc2)cc1=O. The second-order valence-electron chi connectivity index (χ2n) is 6.31. The molecule has 0 aliphatic rings. The van der Waals surface area contributed by atoms with Gasteiger partial charge in [0.2, 0.25) is 0 Å². The molecule has 0 radical (unpaired) electrons. The van der Waals surface area contributed by atoms with E-state index in [-0.39, 0.29) is 11.5 Å². The number of aryl methyl sites for hydroxylation is 1. The molecule has 0 aliphatic carbocycles. The number of aromatic nitrogens is 1. The van der Waals surface area contributed by atoms with E-state index in [9.17, 15) is 9.59 Å². The van der Waals surface area contributed by atoms with Crippen molar-refractivity contribution in [2.24, 2.45) is 7.05 Å². The lowest BCUT2D eigenvalue weighted by molar-refractivity contribution is 0.0744. The van der Waals surface area contributed by atoms with E-state index in [1.54, 1.807) is 24.2 Å². The van der Waals surface area contributed by atoms with Crippen LogP contribution in [0.25, 0.3) is 0 Å². The molecule has 4 heteroatoms. The van der Waals surface area contributed by atoms with Crippen LogP contribution in [-0.2, 0) is 20.0 Å². The minimum Gasteiger partial charge on any atom is -0.334 e. The number of amides is 1. The van der Waals surface area contributed by atoms with E-state index in [1.165, 1.54) is 16.2 Å². The summed E-state index contributed by atoms with van der Waals surface area (Å²) in [4.78, 5) is 26.7. The third-order valence-electron chi connectivity index (χ3n) is 4.37. The molecule has 3 rings (SSSR count). The van der Waals surface area contributed by atoms with Crippen molar-refractivity contribution in [3.05, 3.63) is 106 Å². The van der Waals surface area contributed by atoms with Crippen molar-refractivity contribution < 1.29 is 4.79 Å². The van der Waals surface area contributed by atoms with Gasteiger partial charge < -0.3 is 9.47 Å². The molecule has 132 valence electrons. The highest BCUT2D eigenvalue weighted by atomic mass is 16.2. The van der Waals surface area contributed by atoms with Gasteiger partial charge in [-0.25, -0.2) is 0 Å². The summed E-state index contributed by atoms with van der Waals surface area (Å²) in [6.07, 6.45) is 2.40. The van der Waals surface area contributed by atoms with E-state index in [1.807, 2.05) is 48.5 Å². The monoisotopic (exact) mass is 346 g/mol. The quantitative estimate of drug-likeness (QED) is 0.687. The molecule has 0 bridgehead atoms. The molecule has 0 fully saturated rings. The van der Waals surface area contributed by atoms with Crippen LogP contribution < -0.4 is 5.56 Å². The van der Waals surface area contributed by atoms with Gasteiger partial charge >= 0.3 is 0 Å². The molecule has 4 nitrogen and oxygen atoms in total. The fourth-order valence-electron chi connectivity index (χ4n) is 2.83. The normalized spacial score (nSPS) is 10.5. The molecule has 0 spiro atoms. The predicted molar refractivity (Wildman–Crippen MR) is 103 cm³/mol. The Labute approximate surface area is 153 Å². The topological polar surface area (TPSA) is 42.3 Å². The van der Waals surface area contributed by atoms with Gasteiger partial charge in [-0.15, -0.1) is 0 Å². The summed E-state index contributed by atoms with van der Waals surface area (Å²) < 4.78 is 1.46. The van der Waals surface area contributed by atoms with Crippen molar-refractivity contribution in [1.29, 1.82) is 0 Å². The van der Waals surface area contributed by atoms with Gasteiger partial charge in [0.05, 0.1) is 0 Å². The Hall–Kier alpha value is -3.14. The highest BCUT2D eigenvalue weighted by Gasteiger charge is 2.17. The summed E-state index contributed by atoms with van der Waals surface area (Å²) in [5.74, 6) is -0.123. The minimum atomic E-state index is -0.182. The van der Waals surface area contributed by atoms with E-state index in [2.05, 4.69) is 12.1 Å². The predicted octanol–water partition coefficient (Wildman–Crippen LogP) is 3.27. The van der Waals surface area contributed by atoms with Crippen molar-refractivity contribution in [3.63, 3.8) is 0 Å². The molecule has 1 aromatic heterocycles. The molecule has 0 unspecified atom stereocenters. The van der Waals surface area contributed by atoms with Gasteiger partial charge in [-0.3, -0.25) is 9.59 Å². The fourth-order valence-corrected chi connectivity index (χ4v) is 2.83. The third-order valence-corrected chi connectivity index (χ3v) is 4.37. The third kappa shape index (κ3) is 4.48. The van der Waals surface area contributed by atoms with Crippen molar-refractivity contribution >= 4 is 5.91 Å². The number of pyridine rings is 1. The Bertz CT molecular complexity index is 918. The maximum Gasteiger partial charge on any atom is 0.254 e. The Kier molecular flexibility index (Phi) is 5.64. The summed E-state index contributed by atoms with van der Waals surface area (Å²) in [6.45, 7) is 1.11. The van der Waals surface area contributed by atoms with Crippen LogP contribution in [0.1, 0.15) is 21.5 Å². The van der Waals surface area contributed by atoms with E-state index in [4.69, 9.17) is 0 Å². The van der Waals surface area contributed by atoms with E-state index >= 15 is 0 Å². The number of carbonyl (C=O) groups excluding carboxylic acids is 1. The molecule has 26 heavy (non-hydrogen) atoms. The van der Waals surface area contributed by atoms with Crippen LogP contribution >= 0.6 is 0 Å². The minimum absolute atomic E-state index is 0.123. The van der Waals surface area contributed by atoms with Crippen LogP contribution in [0.4, 0.5) is 0 Å². The summed E-state index contributed by atoms with van der Waals surface area (Å²) in [6, 6.07) is 23.1. The van der Waals surface area contributed by atoms with Gasteiger partial charge in [-0.2, -0.15) is 0 Å². The average molecular weight is 346 g/mol. The first-order valence-corrected chi connectivity index (χ1v) is 8.67. The van der Waals surface area contributed by atoms with Gasteiger partial charge in [0.1, 0.15) is 0 Å². The van der Waals surface area contributed by atoms with Gasteiger partial charge in [-0.1, -0.05) is 60.7 Å². The second-order valence-corrected chi connectivity index (χ2v) is 6.31. The summed E-state index contributed by atoms with van der Waals surface area (Å²) in [5, 5.41) is 0. The molecule has 3 aromatic rings. The first kappa shape index (κ1) is 17.7. The van der Waals surface area contributed by atoms with E-state index < -0.39 is 0 Å². The maximum atomic E-state index is 13.0. The van der Waals surface area contributed by atoms with Crippen LogP contribution in [0, 0.1) is 0 Å². The Morgan fingerprint density at radius 1 is 0.923 bits per heavy atom. The molecule has 0 atom stereocenters. The smallest absolute Gasteiger partial charge is 0.254 e. The van der Waals surface area contributed by atoms with Crippen LogP contribution in [-0.4, -0.2) is 21.9 Å². The number of hydrogen-bond acceptors (Lipinski definition) is 2. The lowest BCUT2D eigenvalue weighted by atomic mass is 10.1. The zero-order valence-electron chi connectivity index (χ0n) is 14.8. The lowest BCUT2D eigenvalue weighted by Gasteiger charge is -2.23. The summed E-state index contributed by atoms with van der Waals surface area (Å²) >= 11 is 0. The fraction of sp³-hybridized carbons (Fsp3) is 0.182. The molecule has 1 heterocycles. The number of benzene rings is 2.